The molecule has 0 saturated heterocycles. The predicted molar refractivity (Wildman–Crippen MR) is 124 cm³/mol. The van der Waals surface area contributed by atoms with Crippen LogP contribution in [0.1, 0.15) is 32.8 Å². The molecule has 0 heterocycles. The Kier molecular flexibility index (Phi) is 9.53. The normalized spacial score (nSPS) is 11.8. The van der Waals surface area contributed by atoms with Gasteiger partial charge in [0.15, 0.2) is 11.5 Å². The number of rotatable bonds is 11. The summed E-state index contributed by atoms with van der Waals surface area (Å²) in [5, 5.41) is 6.77. The molecule has 1 unspecified atom stereocenters. The molecule has 32 heavy (non-hydrogen) atoms. The van der Waals surface area contributed by atoms with Crippen molar-refractivity contribution in [2.45, 2.75) is 27.2 Å². The number of nitrogens with zero attached hydrogens (tertiary/aromatic N) is 1. The number of nitrogens with one attached hydrogen (secondary N) is 2. The first-order valence-electron chi connectivity index (χ1n) is 10.5. The largest absolute Gasteiger partial charge is 0.497 e. The van der Waals surface area contributed by atoms with Crippen LogP contribution in [-0.4, -0.2) is 38.9 Å². The van der Waals surface area contributed by atoms with E-state index in [1.807, 2.05) is 6.92 Å². The fourth-order valence-electron chi connectivity index (χ4n) is 2.95. The third-order valence-electron chi connectivity index (χ3n) is 4.63. The molecule has 8 nitrogen and oxygen atoms in total. The average molecular weight is 442 g/mol. The van der Waals surface area contributed by atoms with Gasteiger partial charge in [-0.05, 0) is 60.4 Å². The molecule has 2 N–H and O–H groups in total. The lowest BCUT2D eigenvalue weighted by atomic mass is 9.94. The van der Waals surface area contributed by atoms with Gasteiger partial charge in [-0.1, -0.05) is 20.8 Å². The zero-order valence-corrected chi connectivity index (χ0v) is 19.2. The monoisotopic (exact) mass is 441 g/mol. The average Bonchev–Trinajstić information content (AvgIpc) is 2.78. The van der Waals surface area contributed by atoms with Crippen molar-refractivity contribution in [2.75, 3.05) is 26.1 Å². The summed E-state index contributed by atoms with van der Waals surface area (Å²) in [5.74, 6) is -0.128. The molecule has 2 aromatic rings. The van der Waals surface area contributed by atoms with Crippen LogP contribution in [0.4, 0.5) is 5.69 Å². The van der Waals surface area contributed by atoms with Gasteiger partial charge in [-0.2, -0.15) is 5.10 Å². The molecule has 0 aliphatic rings. The smallest absolute Gasteiger partial charge is 0.252 e. The Morgan fingerprint density at radius 3 is 2.31 bits per heavy atom. The van der Waals surface area contributed by atoms with Gasteiger partial charge < -0.3 is 19.5 Å². The second-order valence-electron chi connectivity index (χ2n) is 7.43. The Balaban J connectivity index is 2.02. The lowest BCUT2D eigenvalue weighted by Crippen LogP contribution is -2.39. The number of benzene rings is 2. The molecule has 2 amide bonds. The van der Waals surface area contributed by atoms with Gasteiger partial charge in [-0.25, -0.2) is 5.43 Å². The van der Waals surface area contributed by atoms with Crippen LogP contribution in [0.3, 0.4) is 0 Å². The zero-order chi connectivity index (χ0) is 23.5. The standard InChI is InChI=1S/C24H31N3O5/c1-6-13-32-20-12-7-17(14-21(20)31-5)15-25-27-24(29)22(16(2)3)23(28)26-18-8-10-19(30-4)11-9-18/h7-12,14-16,22H,6,13H2,1-5H3,(H,26,28)(H,27,29). The number of anilines is 1. The van der Waals surface area contributed by atoms with E-state index in [-0.39, 0.29) is 5.92 Å². The number of methoxy groups -OCH3 is 2. The van der Waals surface area contributed by atoms with Crippen molar-refractivity contribution in [1.82, 2.24) is 5.43 Å². The number of hydrogen-bond acceptors (Lipinski definition) is 6. The molecule has 8 heteroatoms. The van der Waals surface area contributed by atoms with Crippen LogP contribution in [0.15, 0.2) is 47.6 Å². The predicted octanol–water partition coefficient (Wildman–Crippen LogP) is 3.85. The van der Waals surface area contributed by atoms with Gasteiger partial charge in [0.25, 0.3) is 5.91 Å². The van der Waals surface area contributed by atoms with Crippen molar-refractivity contribution in [3.8, 4) is 17.2 Å². The molecular weight excluding hydrogens is 410 g/mol. The lowest BCUT2D eigenvalue weighted by molar-refractivity contribution is -0.134. The molecule has 172 valence electrons. The number of hydrazone groups is 1. The van der Waals surface area contributed by atoms with Crippen molar-refractivity contribution < 1.29 is 23.8 Å². The third kappa shape index (κ3) is 7.01. The summed E-state index contributed by atoms with van der Waals surface area (Å²) in [4.78, 5) is 25.4. The van der Waals surface area contributed by atoms with E-state index in [0.717, 1.165) is 12.0 Å². The van der Waals surface area contributed by atoms with E-state index in [2.05, 4.69) is 15.8 Å². The Morgan fingerprint density at radius 2 is 1.72 bits per heavy atom. The second kappa shape index (κ2) is 12.3. The van der Waals surface area contributed by atoms with Crippen LogP contribution in [0.2, 0.25) is 0 Å². The highest BCUT2D eigenvalue weighted by atomic mass is 16.5. The van der Waals surface area contributed by atoms with Gasteiger partial charge in [0.2, 0.25) is 5.91 Å². The van der Waals surface area contributed by atoms with E-state index in [4.69, 9.17) is 14.2 Å². The molecule has 0 aromatic heterocycles. The van der Waals surface area contributed by atoms with Crippen LogP contribution < -0.4 is 25.0 Å². The first kappa shape index (κ1) is 24.7. The zero-order valence-electron chi connectivity index (χ0n) is 19.2. The van der Waals surface area contributed by atoms with Gasteiger partial charge in [0.1, 0.15) is 11.7 Å². The quantitative estimate of drug-likeness (QED) is 0.314. The summed E-state index contributed by atoms with van der Waals surface area (Å²) in [5.41, 5.74) is 3.76. The Labute approximate surface area is 188 Å². The summed E-state index contributed by atoms with van der Waals surface area (Å²) in [7, 11) is 3.13. The van der Waals surface area contributed by atoms with E-state index < -0.39 is 17.7 Å². The maximum absolute atomic E-state index is 12.7. The van der Waals surface area contributed by atoms with Gasteiger partial charge in [0, 0.05) is 5.69 Å². The number of hydrogen-bond donors (Lipinski definition) is 2. The highest BCUT2D eigenvalue weighted by Gasteiger charge is 2.30. The van der Waals surface area contributed by atoms with Crippen LogP contribution in [0, 0.1) is 11.8 Å². The van der Waals surface area contributed by atoms with Crippen LogP contribution in [-0.2, 0) is 9.59 Å². The Hall–Kier alpha value is -3.55. The molecule has 0 fully saturated rings. The van der Waals surface area contributed by atoms with E-state index in [9.17, 15) is 9.59 Å². The van der Waals surface area contributed by atoms with Crippen molar-refractivity contribution in [2.24, 2.45) is 16.9 Å². The molecule has 0 bridgehead atoms. The van der Waals surface area contributed by atoms with E-state index >= 15 is 0 Å². The van der Waals surface area contributed by atoms with Crippen LogP contribution in [0.5, 0.6) is 17.2 Å². The number of carbonyl (C=O) groups excluding carboxylic acids is 2. The van der Waals surface area contributed by atoms with E-state index in [1.54, 1.807) is 70.5 Å². The van der Waals surface area contributed by atoms with Gasteiger partial charge in [-0.15, -0.1) is 0 Å². The second-order valence-corrected chi connectivity index (χ2v) is 7.43. The van der Waals surface area contributed by atoms with Gasteiger partial charge in [-0.3, -0.25) is 9.59 Å². The minimum Gasteiger partial charge on any atom is -0.497 e. The molecule has 2 rings (SSSR count). The summed E-state index contributed by atoms with van der Waals surface area (Å²) in [6.07, 6.45) is 2.38. The first-order chi connectivity index (χ1) is 15.4. The number of amides is 2. The highest BCUT2D eigenvalue weighted by molar-refractivity contribution is 6.06. The first-order valence-corrected chi connectivity index (χ1v) is 10.5. The van der Waals surface area contributed by atoms with Crippen molar-refractivity contribution in [1.29, 1.82) is 0 Å². The minimum absolute atomic E-state index is 0.224. The number of ether oxygens (including phenoxy) is 3. The Bertz CT molecular complexity index is 926. The summed E-state index contributed by atoms with van der Waals surface area (Å²) >= 11 is 0. The summed E-state index contributed by atoms with van der Waals surface area (Å²) in [6.45, 7) is 6.23. The lowest BCUT2D eigenvalue weighted by Gasteiger charge is -2.18. The molecule has 0 spiro atoms. The van der Waals surface area contributed by atoms with Gasteiger partial charge in [0.05, 0.1) is 27.0 Å². The minimum atomic E-state index is -0.909. The Morgan fingerprint density at radius 1 is 1.00 bits per heavy atom. The molecule has 0 radical (unpaired) electrons. The highest BCUT2D eigenvalue weighted by Crippen LogP contribution is 2.27. The maximum Gasteiger partial charge on any atom is 0.252 e. The fraction of sp³-hybridized carbons (Fsp3) is 0.375. The maximum atomic E-state index is 12.7. The van der Waals surface area contributed by atoms with Crippen molar-refractivity contribution >= 4 is 23.7 Å². The molecule has 2 aromatic carbocycles. The summed E-state index contributed by atoms with van der Waals surface area (Å²) in [6, 6.07) is 12.2. The molecule has 0 aliphatic heterocycles. The SMILES string of the molecule is CCCOc1ccc(C=NNC(=O)C(C(=O)Nc2ccc(OC)cc2)C(C)C)cc1OC. The fourth-order valence-corrected chi connectivity index (χ4v) is 2.95. The molecule has 0 saturated carbocycles. The number of carbonyl (C=O) groups is 2. The van der Waals surface area contributed by atoms with Crippen LogP contribution >= 0.6 is 0 Å². The topological polar surface area (TPSA) is 98.2 Å². The molecule has 0 aliphatic carbocycles. The van der Waals surface area contributed by atoms with Crippen molar-refractivity contribution in [3.63, 3.8) is 0 Å². The van der Waals surface area contributed by atoms with Gasteiger partial charge >= 0.3 is 0 Å². The van der Waals surface area contributed by atoms with E-state index in [0.29, 0.717) is 29.5 Å². The third-order valence-corrected chi connectivity index (χ3v) is 4.63. The van der Waals surface area contributed by atoms with Crippen molar-refractivity contribution in [3.05, 3.63) is 48.0 Å². The van der Waals surface area contributed by atoms with E-state index in [1.165, 1.54) is 6.21 Å². The van der Waals surface area contributed by atoms with Crippen LogP contribution in [0.25, 0.3) is 0 Å². The molecule has 1 atom stereocenters. The molecular formula is C24H31N3O5. The summed E-state index contributed by atoms with van der Waals surface area (Å²) < 4.78 is 16.1.